The number of pyridine rings is 1. The second-order valence-electron chi connectivity index (χ2n) is 4.74. The lowest BCUT2D eigenvalue weighted by Gasteiger charge is -2.36. The molecule has 18 heavy (non-hydrogen) atoms. The molecular formula is C12H13BrN4O. The summed E-state index contributed by atoms with van der Waals surface area (Å²) in [7, 11) is 0. The van der Waals surface area contributed by atoms with Crippen molar-refractivity contribution in [3.63, 3.8) is 0 Å². The molecule has 1 fully saturated rings. The molecule has 2 aromatic heterocycles. The van der Waals surface area contributed by atoms with Crippen molar-refractivity contribution in [2.24, 2.45) is 5.73 Å². The summed E-state index contributed by atoms with van der Waals surface area (Å²) in [5.41, 5.74) is 6.70. The standard InChI is InChI=1S/C12H13BrN4O/c13-8-3-1-6-15-10(8)11-16-9(18-17-11)7-12(14)4-2-5-12/h1,3,6H,2,4-5,7,14H2. The maximum Gasteiger partial charge on any atom is 0.228 e. The highest BCUT2D eigenvalue weighted by atomic mass is 79.9. The Morgan fingerprint density at radius 3 is 2.94 bits per heavy atom. The maximum atomic E-state index is 6.16. The van der Waals surface area contributed by atoms with Crippen LogP contribution in [0.15, 0.2) is 27.3 Å². The Hall–Kier alpha value is -1.27. The number of hydrogen-bond acceptors (Lipinski definition) is 5. The summed E-state index contributed by atoms with van der Waals surface area (Å²) in [6, 6.07) is 3.74. The van der Waals surface area contributed by atoms with Gasteiger partial charge < -0.3 is 10.3 Å². The molecule has 0 amide bonds. The van der Waals surface area contributed by atoms with Gasteiger partial charge in [-0.05, 0) is 47.3 Å². The summed E-state index contributed by atoms with van der Waals surface area (Å²) >= 11 is 3.42. The number of nitrogens with two attached hydrogens (primary N) is 1. The Morgan fingerprint density at radius 2 is 2.28 bits per heavy atom. The van der Waals surface area contributed by atoms with Crippen molar-refractivity contribution in [3.05, 3.63) is 28.7 Å². The molecule has 5 nitrogen and oxygen atoms in total. The van der Waals surface area contributed by atoms with E-state index in [2.05, 4.69) is 31.1 Å². The fourth-order valence-electron chi connectivity index (χ4n) is 2.08. The van der Waals surface area contributed by atoms with Crippen LogP contribution in [0.25, 0.3) is 11.5 Å². The predicted octanol–water partition coefficient (Wildman–Crippen LogP) is 2.32. The number of halogens is 1. The summed E-state index contributed by atoms with van der Waals surface area (Å²) in [6.07, 6.45) is 5.58. The van der Waals surface area contributed by atoms with E-state index in [1.807, 2.05) is 12.1 Å². The van der Waals surface area contributed by atoms with E-state index in [1.165, 1.54) is 6.42 Å². The second-order valence-corrected chi connectivity index (χ2v) is 5.59. The first-order valence-electron chi connectivity index (χ1n) is 5.89. The Labute approximate surface area is 113 Å². The van der Waals surface area contributed by atoms with Crippen LogP contribution in [0.4, 0.5) is 0 Å². The Bertz CT molecular complexity index is 565. The minimum absolute atomic E-state index is 0.148. The summed E-state index contributed by atoms with van der Waals surface area (Å²) in [4.78, 5) is 8.59. The van der Waals surface area contributed by atoms with E-state index >= 15 is 0 Å². The zero-order valence-electron chi connectivity index (χ0n) is 9.77. The third kappa shape index (κ3) is 2.18. The molecule has 0 radical (unpaired) electrons. The molecule has 94 valence electrons. The summed E-state index contributed by atoms with van der Waals surface area (Å²) in [5, 5.41) is 3.96. The van der Waals surface area contributed by atoms with Gasteiger partial charge in [0.1, 0.15) is 5.69 Å². The Morgan fingerprint density at radius 1 is 1.44 bits per heavy atom. The number of aromatic nitrogens is 3. The van der Waals surface area contributed by atoms with Gasteiger partial charge in [-0.3, -0.25) is 4.98 Å². The predicted molar refractivity (Wildman–Crippen MR) is 69.7 cm³/mol. The molecule has 0 bridgehead atoms. The molecule has 1 aliphatic rings. The lowest BCUT2D eigenvalue weighted by molar-refractivity contribution is 0.222. The summed E-state index contributed by atoms with van der Waals surface area (Å²) in [5.74, 6) is 1.09. The molecule has 1 aliphatic carbocycles. The average Bonchev–Trinajstić information content (AvgIpc) is 2.76. The molecule has 0 saturated heterocycles. The highest BCUT2D eigenvalue weighted by Gasteiger charge is 2.34. The first-order chi connectivity index (χ1) is 8.66. The lowest BCUT2D eigenvalue weighted by Crippen LogP contribution is -2.48. The molecule has 3 rings (SSSR count). The van der Waals surface area contributed by atoms with Crippen LogP contribution in [0.1, 0.15) is 25.2 Å². The van der Waals surface area contributed by atoms with Crippen molar-refractivity contribution in [1.29, 1.82) is 0 Å². The van der Waals surface area contributed by atoms with Crippen molar-refractivity contribution in [3.8, 4) is 11.5 Å². The van der Waals surface area contributed by atoms with Crippen molar-refractivity contribution >= 4 is 15.9 Å². The highest BCUT2D eigenvalue weighted by Crippen LogP contribution is 2.32. The highest BCUT2D eigenvalue weighted by molar-refractivity contribution is 9.10. The van der Waals surface area contributed by atoms with Gasteiger partial charge in [0.15, 0.2) is 0 Å². The zero-order chi connectivity index (χ0) is 12.6. The fraction of sp³-hybridized carbons (Fsp3) is 0.417. The van der Waals surface area contributed by atoms with E-state index in [0.29, 0.717) is 23.8 Å². The minimum atomic E-state index is -0.148. The van der Waals surface area contributed by atoms with Crippen LogP contribution in [0.5, 0.6) is 0 Å². The van der Waals surface area contributed by atoms with Crippen LogP contribution >= 0.6 is 15.9 Å². The van der Waals surface area contributed by atoms with E-state index in [4.69, 9.17) is 10.3 Å². The van der Waals surface area contributed by atoms with E-state index in [-0.39, 0.29) is 5.54 Å². The van der Waals surface area contributed by atoms with Crippen LogP contribution in [-0.4, -0.2) is 20.7 Å². The third-order valence-corrected chi connectivity index (χ3v) is 3.93. The van der Waals surface area contributed by atoms with E-state index in [9.17, 15) is 0 Å². The van der Waals surface area contributed by atoms with Crippen molar-refractivity contribution < 1.29 is 4.52 Å². The quantitative estimate of drug-likeness (QED) is 0.941. The zero-order valence-corrected chi connectivity index (χ0v) is 11.4. The molecule has 2 aromatic rings. The molecule has 6 heteroatoms. The lowest BCUT2D eigenvalue weighted by atomic mass is 9.75. The van der Waals surface area contributed by atoms with E-state index in [0.717, 1.165) is 17.3 Å². The molecule has 2 N–H and O–H groups in total. The minimum Gasteiger partial charge on any atom is -0.339 e. The average molecular weight is 309 g/mol. The van der Waals surface area contributed by atoms with Gasteiger partial charge in [0.05, 0.1) is 0 Å². The summed E-state index contributed by atoms with van der Waals surface area (Å²) < 4.78 is 6.09. The van der Waals surface area contributed by atoms with Crippen molar-refractivity contribution in [2.45, 2.75) is 31.2 Å². The largest absolute Gasteiger partial charge is 0.339 e. The first kappa shape index (κ1) is 11.8. The van der Waals surface area contributed by atoms with Gasteiger partial charge in [-0.25, -0.2) is 0 Å². The monoisotopic (exact) mass is 308 g/mol. The molecule has 0 atom stereocenters. The molecule has 0 aromatic carbocycles. The summed E-state index contributed by atoms with van der Waals surface area (Å²) in [6.45, 7) is 0. The topological polar surface area (TPSA) is 77.8 Å². The number of nitrogens with zero attached hydrogens (tertiary/aromatic N) is 3. The normalized spacial score (nSPS) is 17.4. The van der Waals surface area contributed by atoms with Gasteiger partial charge in [0.2, 0.25) is 11.7 Å². The second kappa shape index (κ2) is 4.44. The van der Waals surface area contributed by atoms with Crippen LogP contribution in [0, 0.1) is 0 Å². The van der Waals surface area contributed by atoms with Crippen LogP contribution in [-0.2, 0) is 6.42 Å². The Kier molecular flexibility index (Phi) is 2.91. The molecule has 0 aliphatic heterocycles. The van der Waals surface area contributed by atoms with Crippen molar-refractivity contribution in [2.75, 3.05) is 0 Å². The third-order valence-electron chi connectivity index (χ3n) is 3.29. The first-order valence-corrected chi connectivity index (χ1v) is 6.68. The van der Waals surface area contributed by atoms with Gasteiger partial charge in [-0.2, -0.15) is 4.98 Å². The molecule has 0 spiro atoms. The van der Waals surface area contributed by atoms with Gasteiger partial charge in [0.25, 0.3) is 0 Å². The van der Waals surface area contributed by atoms with Crippen LogP contribution < -0.4 is 5.73 Å². The van der Waals surface area contributed by atoms with Crippen LogP contribution in [0.2, 0.25) is 0 Å². The molecule has 1 saturated carbocycles. The maximum absolute atomic E-state index is 6.16. The van der Waals surface area contributed by atoms with Crippen molar-refractivity contribution in [1.82, 2.24) is 15.1 Å². The van der Waals surface area contributed by atoms with E-state index in [1.54, 1.807) is 6.20 Å². The molecule has 0 unspecified atom stereocenters. The smallest absolute Gasteiger partial charge is 0.228 e. The van der Waals surface area contributed by atoms with Gasteiger partial charge >= 0.3 is 0 Å². The van der Waals surface area contributed by atoms with Gasteiger partial charge in [-0.1, -0.05) is 5.16 Å². The fourth-order valence-corrected chi connectivity index (χ4v) is 2.51. The van der Waals surface area contributed by atoms with Gasteiger partial charge in [-0.15, -0.1) is 0 Å². The number of rotatable bonds is 3. The Balaban J connectivity index is 1.83. The van der Waals surface area contributed by atoms with E-state index < -0.39 is 0 Å². The van der Waals surface area contributed by atoms with Crippen LogP contribution in [0.3, 0.4) is 0 Å². The number of hydrogen-bond donors (Lipinski definition) is 1. The molecule has 2 heterocycles. The SMILES string of the molecule is NC1(Cc2nc(-c3ncccc3Br)no2)CCC1. The van der Waals surface area contributed by atoms with Gasteiger partial charge in [0, 0.05) is 22.6 Å². The molecular weight excluding hydrogens is 296 g/mol.